The average Bonchev–Trinajstić information content (AvgIpc) is 3.19. The van der Waals surface area contributed by atoms with E-state index in [0.29, 0.717) is 11.3 Å². The van der Waals surface area contributed by atoms with Crippen molar-refractivity contribution in [2.24, 2.45) is 5.10 Å². The third-order valence-electron chi connectivity index (χ3n) is 4.43. The first-order chi connectivity index (χ1) is 14.5. The van der Waals surface area contributed by atoms with Gasteiger partial charge in [-0.1, -0.05) is 60.7 Å². The molecule has 4 nitrogen and oxygen atoms in total. The summed E-state index contributed by atoms with van der Waals surface area (Å²) < 4.78 is 41.2. The summed E-state index contributed by atoms with van der Waals surface area (Å²) in [6, 6.07) is 24.3. The van der Waals surface area contributed by atoms with Crippen molar-refractivity contribution in [3.8, 4) is 16.9 Å². The van der Waals surface area contributed by atoms with Crippen molar-refractivity contribution in [3.63, 3.8) is 0 Å². The third-order valence-corrected chi connectivity index (χ3v) is 4.43. The highest BCUT2D eigenvalue weighted by molar-refractivity contribution is 5.89. The monoisotopic (exact) mass is 406 g/mol. The van der Waals surface area contributed by atoms with E-state index in [1.807, 2.05) is 60.7 Å². The fourth-order valence-electron chi connectivity index (χ4n) is 3.01. The molecule has 0 aliphatic rings. The molecule has 0 saturated carbocycles. The summed E-state index contributed by atoms with van der Waals surface area (Å²) in [5.41, 5.74) is 4.71. The lowest BCUT2D eigenvalue weighted by atomic mass is 10.1. The molecule has 1 N–H and O–H groups in total. The summed E-state index contributed by atoms with van der Waals surface area (Å²) in [7, 11) is 0. The van der Waals surface area contributed by atoms with Crippen LogP contribution in [0.15, 0.2) is 96.2 Å². The molecule has 0 atom stereocenters. The number of halogens is 3. The number of anilines is 1. The molecule has 0 amide bonds. The highest BCUT2D eigenvalue weighted by atomic mass is 19.4. The lowest BCUT2D eigenvalue weighted by Crippen LogP contribution is -2.08. The predicted octanol–water partition coefficient (Wildman–Crippen LogP) is 6.00. The zero-order valence-corrected chi connectivity index (χ0v) is 15.7. The van der Waals surface area contributed by atoms with Gasteiger partial charge in [0.15, 0.2) is 0 Å². The number of nitrogens with zero attached hydrogens (tertiary/aromatic N) is 3. The van der Waals surface area contributed by atoms with Crippen LogP contribution in [0.3, 0.4) is 0 Å². The summed E-state index contributed by atoms with van der Waals surface area (Å²) >= 11 is 0. The molecule has 0 spiro atoms. The lowest BCUT2D eigenvalue weighted by molar-refractivity contribution is -0.136. The zero-order chi connectivity index (χ0) is 21.0. The van der Waals surface area contributed by atoms with Gasteiger partial charge in [-0.2, -0.15) is 23.4 Å². The summed E-state index contributed by atoms with van der Waals surface area (Å²) in [5, 5.41) is 8.70. The zero-order valence-electron chi connectivity index (χ0n) is 15.7. The lowest BCUT2D eigenvalue weighted by Gasteiger charge is -2.11. The molecule has 0 bridgehead atoms. The molecule has 3 aromatic carbocycles. The van der Waals surface area contributed by atoms with Crippen molar-refractivity contribution in [3.05, 3.63) is 102 Å². The summed E-state index contributed by atoms with van der Waals surface area (Å²) in [5.74, 6) is 0. The molecule has 30 heavy (non-hydrogen) atoms. The Kier molecular flexibility index (Phi) is 5.34. The van der Waals surface area contributed by atoms with E-state index in [0.717, 1.165) is 17.3 Å². The molecule has 0 aliphatic carbocycles. The SMILES string of the molecule is FC(F)(F)c1ccccc1N/N=C/c1cn(-c2ccccc2)nc1-c1ccccc1. The van der Waals surface area contributed by atoms with E-state index in [1.54, 1.807) is 10.9 Å². The summed E-state index contributed by atoms with van der Waals surface area (Å²) in [6.45, 7) is 0. The molecule has 0 radical (unpaired) electrons. The second kappa shape index (κ2) is 8.24. The first kappa shape index (κ1) is 19.4. The number of para-hydroxylation sites is 2. The van der Waals surface area contributed by atoms with Gasteiger partial charge >= 0.3 is 6.18 Å². The van der Waals surface area contributed by atoms with Crippen LogP contribution in [0.4, 0.5) is 18.9 Å². The molecule has 4 aromatic rings. The van der Waals surface area contributed by atoms with Crippen LogP contribution in [0.5, 0.6) is 0 Å². The van der Waals surface area contributed by atoms with Gasteiger partial charge in [0, 0.05) is 17.3 Å². The van der Waals surface area contributed by atoms with Crippen LogP contribution in [0.1, 0.15) is 11.1 Å². The molecule has 0 unspecified atom stereocenters. The molecule has 1 heterocycles. The molecule has 0 aliphatic heterocycles. The van der Waals surface area contributed by atoms with Crippen LogP contribution >= 0.6 is 0 Å². The van der Waals surface area contributed by atoms with Gasteiger partial charge in [0.25, 0.3) is 0 Å². The Labute approximate surface area is 171 Å². The number of rotatable bonds is 5. The van der Waals surface area contributed by atoms with Gasteiger partial charge in [-0.05, 0) is 24.3 Å². The van der Waals surface area contributed by atoms with Crippen LogP contribution in [0.2, 0.25) is 0 Å². The fourth-order valence-corrected chi connectivity index (χ4v) is 3.01. The van der Waals surface area contributed by atoms with Gasteiger partial charge in [-0.15, -0.1) is 0 Å². The molecular formula is C23H17F3N4. The average molecular weight is 406 g/mol. The first-order valence-corrected chi connectivity index (χ1v) is 9.18. The van der Waals surface area contributed by atoms with Gasteiger partial charge in [0.1, 0.15) is 5.69 Å². The number of benzene rings is 3. The summed E-state index contributed by atoms with van der Waals surface area (Å²) in [4.78, 5) is 0. The van der Waals surface area contributed by atoms with E-state index in [1.165, 1.54) is 24.4 Å². The van der Waals surface area contributed by atoms with Crippen molar-refractivity contribution >= 4 is 11.9 Å². The minimum absolute atomic E-state index is 0.113. The van der Waals surface area contributed by atoms with Crippen LogP contribution in [0, 0.1) is 0 Å². The van der Waals surface area contributed by atoms with Crippen molar-refractivity contribution in [1.82, 2.24) is 9.78 Å². The van der Waals surface area contributed by atoms with Crippen molar-refractivity contribution < 1.29 is 13.2 Å². The Morgan fingerprint density at radius 3 is 2.17 bits per heavy atom. The first-order valence-electron chi connectivity index (χ1n) is 9.18. The maximum absolute atomic E-state index is 13.2. The van der Waals surface area contributed by atoms with E-state index in [9.17, 15) is 13.2 Å². The Hall–Kier alpha value is -3.87. The highest BCUT2D eigenvalue weighted by Crippen LogP contribution is 2.34. The van der Waals surface area contributed by atoms with E-state index in [2.05, 4.69) is 15.6 Å². The standard InChI is InChI=1S/C23H17F3N4/c24-23(25,26)20-13-7-8-14-21(20)28-27-15-18-16-30(19-11-5-2-6-12-19)29-22(18)17-9-3-1-4-10-17/h1-16,28H/b27-15+. The third kappa shape index (κ3) is 4.25. The number of aromatic nitrogens is 2. The molecule has 0 fully saturated rings. The number of alkyl halides is 3. The second-order valence-corrected chi connectivity index (χ2v) is 6.49. The fraction of sp³-hybridized carbons (Fsp3) is 0.0435. The van der Waals surface area contributed by atoms with Gasteiger partial charge in [-0.3, -0.25) is 5.43 Å². The maximum Gasteiger partial charge on any atom is 0.418 e. The summed E-state index contributed by atoms with van der Waals surface area (Å²) in [6.07, 6.45) is -1.20. The van der Waals surface area contributed by atoms with Crippen LogP contribution in [-0.2, 0) is 6.18 Å². The quantitative estimate of drug-likeness (QED) is 0.326. The minimum Gasteiger partial charge on any atom is -0.278 e. The molecule has 7 heteroatoms. The number of nitrogens with one attached hydrogen (secondary N) is 1. The molecule has 1 aromatic heterocycles. The van der Waals surface area contributed by atoms with Crippen molar-refractivity contribution in [1.29, 1.82) is 0 Å². The van der Waals surface area contributed by atoms with Crippen molar-refractivity contribution in [2.75, 3.05) is 5.43 Å². The van der Waals surface area contributed by atoms with Gasteiger partial charge in [0.05, 0.1) is 23.2 Å². The maximum atomic E-state index is 13.2. The Morgan fingerprint density at radius 2 is 1.47 bits per heavy atom. The molecule has 0 saturated heterocycles. The van der Waals surface area contributed by atoms with Gasteiger partial charge < -0.3 is 0 Å². The second-order valence-electron chi connectivity index (χ2n) is 6.49. The van der Waals surface area contributed by atoms with Gasteiger partial charge in [0.2, 0.25) is 0 Å². The van der Waals surface area contributed by atoms with E-state index < -0.39 is 11.7 Å². The highest BCUT2D eigenvalue weighted by Gasteiger charge is 2.33. The smallest absolute Gasteiger partial charge is 0.278 e. The predicted molar refractivity (Wildman–Crippen MR) is 112 cm³/mol. The van der Waals surface area contributed by atoms with Crippen LogP contribution in [-0.4, -0.2) is 16.0 Å². The molecule has 4 rings (SSSR count). The van der Waals surface area contributed by atoms with Crippen LogP contribution < -0.4 is 5.43 Å². The molecular weight excluding hydrogens is 389 g/mol. The Bertz CT molecular complexity index is 1150. The van der Waals surface area contributed by atoms with Crippen LogP contribution in [0.25, 0.3) is 16.9 Å². The number of hydrazone groups is 1. The van der Waals surface area contributed by atoms with Gasteiger partial charge in [-0.25, -0.2) is 4.68 Å². The number of hydrogen-bond acceptors (Lipinski definition) is 3. The normalized spacial score (nSPS) is 11.7. The number of hydrogen-bond donors (Lipinski definition) is 1. The Morgan fingerprint density at radius 1 is 0.833 bits per heavy atom. The largest absolute Gasteiger partial charge is 0.418 e. The topological polar surface area (TPSA) is 42.2 Å². The van der Waals surface area contributed by atoms with E-state index in [4.69, 9.17) is 0 Å². The van der Waals surface area contributed by atoms with E-state index >= 15 is 0 Å². The Balaban J connectivity index is 1.68. The molecule has 150 valence electrons. The van der Waals surface area contributed by atoms with E-state index in [-0.39, 0.29) is 5.69 Å². The van der Waals surface area contributed by atoms with Crippen molar-refractivity contribution in [2.45, 2.75) is 6.18 Å². The minimum atomic E-state index is -4.47.